The number of hydrogen-bond acceptors (Lipinski definition) is 5. The quantitative estimate of drug-likeness (QED) is 0.296. The largest absolute Gasteiger partial charge is 0.458 e. The summed E-state index contributed by atoms with van der Waals surface area (Å²) in [7, 11) is 0. The number of rotatable bonds is 1. The summed E-state index contributed by atoms with van der Waals surface area (Å²) in [6, 6.07) is 0. The molecule has 5 atom stereocenters. The molecule has 1 aliphatic carbocycles. The molecular formula is C22H32O5. The van der Waals surface area contributed by atoms with Crippen molar-refractivity contribution in [1.29, 1.82) is 0 Å². The van der Waals surface area contributed by atoms with Crippen LogP contribution in [0.15, 0.2) is 23.8 Å². The highest BCUT2D eigenvalue weighted by molar-refractivity contribution is 5.89. The van der Waals surface area contributed by atoms with Gasteiger partial charge in [0.15, 0.2) is 0 Å². The fourth-order valence-corrected chi connectivity index (χ4v) is 4.44. The Balaban J connectivity index is 1.90. The van der Waals surface area contributed by atoms with E-state index in [4.69, 9.17) is 14.2 Å². The molecule has 3 rings (SSSR count). The molecule has 2 aliphatic heterocycles. The van der Waals surface area contributed by atoms with Crippen LogP contribution in [0.3, 0.4) is 0 Å². The van der Waals surface area contributed by atoms with Crippen molar-refractivity contribution < 1.29 is 23.8 Å². The number of allylic oxidation sites excluding steroid dienone is 2. The van der Waals surface area contributed by atoms with Crippen LogP contribution in [-0.2, 0) is 23.8 Å². The summed E-state index contributed by atoms with van der Waals surface area (Å²) in [5.74, 6) is -0.673. The lowest BCUT2D eigenvalue weighted by atomic mass is 9.82. The van der Waals surface area contributed by atoms with Gasteiger partial charge in [0, 0.05) is 12.5 Å². The van der Waals surface area contributed by atoms with E-state index in [1.165, 1.54) is 12.5 Å². The Morgan fingerprint density at radius 2 is 2.00 bits per heavy atom. The van der Waals surface area contributed by atoms with E-state index in [9.17, 15) is 9.59 Å². The average molecular weight is 376 g/mol. The van der Waals surface area contributed by atoms with Gasteiger partial charge in [0.2, 0.25) is 0 Å². The first-order chi connectivity index (χ1) is 12.6. The zero-order valence-electron chi connectivity index (χ0n) is 17.0. The van der Waals surface area contributed by atoms with Crippen LogP contribution < -0.4 is 0 Å². The summed E-state index contributed by atoms with van der Waals surface area (Å²) in [5, 5.41) is 0. The maximum Gasteiger partial charge on any atom is 0.334 e. The van der Waals surface area contributed by atoms with Gasteiger partial charge >= 0.3 is 11.9 Å². The molecule has 2 saturated heterocycles. The van der Waals surface area contributed by atoms with Gasteiger partial charge in [-0.25, -0.2) is 4.79 Å². The number of esters is 2. The van der Waals surface area contributed by atoms with E-state index < -0.39 is 11.7 Å². The number of fused-ring (bicyclic) bond motifs is 4. The van der Waals surface area contributed by atoms with Crippen LogP contribution in [0, 0.1) is 5.92 Å². The third-order valence-corrected chi connectivity index (χ3v) is 6.53. The van der Waals surface area contributed by atoms with Crippen molar-refractivity contribution in [3.63, 3.8) is 0 Å². The van der Waals surface area contributed by atoms with Gasteiger partial charge in [-0.2, -0.15) is 0 Å². The van der Waals surface area contributed by atoms with Crippen LogP contribution >= 0.6 is 0 Å². The third kappa shape index (κ3) is 4.45. The highest BCUT2D eigenvalue weighted by Gasteiger charge is 2.53. The predicted octanol–water partition coefficient (Wildman–Crippen LogP) is 4.25. The topological polar surface area (TPSA) is 65.1 Å². The Kier molecular flexibility index (Phi) is 5.53. The SMILES string of the molecule is C=C1C(=O)O[C@]2(C)CC[C@@H]1C[C@@H]1O[C@@]1(C)CC/C=C(/C)CC[C@@H]2OC(C)=O. The minimum atomic E-state index is -0.835. The molecule has 0 N–H and O–H groups in total. The summed E-state index contributed by atoms with van der Waals surface area (Å²) in [6.07, 6.45) is 7.56. The second-order valence-electron chi connectivity index (χ2n) is 8.84. The van der Waals surface area contributed by atoms with Crippen molar-refractivity contribution in [2.24, 2.45) is 5.92 Å². The van der Waals surface area contributed by atoms with Crippen molar-refractivity contribution in [3.05, 3.63) is 23.8 Å². The fourth-order valence-electron chi connectivity index (χ4n) is 4.44. The minimum absolute atomic E-state index is 0.0457. The Labute approximate surface area is 162 Å². The molecule has 0 unspecified atom stereocenters. The molecule has 0 aromatic rings. The van der Waals surface area contributed by atoms with E-state index in [1.807, 2.05) is 6.92 Å². The predicted molar refractivity (Wildman–Crippen MR) is 102 cm³/mol. The van der Waals surface area contributed by atoms with Crippen molar-refractivity contribution in [2.45, 2.75) is 96.1 Å². The smallest absolute Gasteiger partial charge is 0.334 e. The third-order valence-electron chi connectivity index (χ3n) is 6.53. The molecule has 0 radical (unpaired) electrons. The maximum atomic E-state index is 12.7. The number of hydrogen-bond donors (Lipinski definition) is 0. The number of carbonyl (C=O) groups is 2. The molecule has 2 bridgehead atoms. The molecule has 0 aromatic heterocycles. The zero-order valence-corrected chi connectivity index (χ0v) is 17.0. The molecule has 2 fully saturated rings. The molecule has 5 nitrogen and oxygen atoms in total. The number of carbonyl (C=O) groups excluding carboxylic acids is 2. The molecule has 0 spiro atoms. The first kappa shape index (κ1) is 20.1. The van der Waals surface area contributed by atoms with Crippen molar-refractivity contribution in [1.82, 2.24) is 0 Å². The van der Waals surface area contributed by atoms with Crippen LogP contribution in [0.5, 0.6) is 0 Å². The van der Waals surface area contributed by atoms with Gasteiger partial charge < -0.3 is 14.2 Å². The zero-order chi connectivity index (χ0) is 19.8. The Morgan fingerprint density at radius 3 is 2.70 bits per heavy atom. The Bertz CT molecular complexity index is 666. The molecule has 3 aliphatic rings. The van der Waals surface area contributed by atoms with E-state index in [-0.39, 0.29) is 29.6 Å². The second-order valence-corrected chi connectivity index (χ2v) is 8.84. The molecule has 150 valence electrons. The molecule has 2 heterocycles. The van der Waals surface area contributed by atoms with E-state index in [2.05, 4.69) is 26.5 Å². The summed E-state index contributed by atoms with van der Waals surface area (Å²) in [4.78, 5) is 24.4. The van der Waals surface area contributed by atoms with Gasteiger partial charge in [-0.15, -0.1) is 0 Å². The average Bonchev–Trinajstić information content (AvgIpc) is 3.24. The minimum Gasteiger partial charge on any atom is -0.458 e. The van der Waals surface area contributed by atoms with Crippen LogP contribution in [0.25, 0.3) is 0 Å². The highest BCUT2D eigenvalue weighted by Crippen LogP contribution is 2.47. The van der Waals surface area contributed by atoms with E-state index in [0.717, 1.165) is 32.1 Å². The van der Waals surface area contributed by atoms with Crippen LogP contribution in [0.2, 0.25) is 0 Å². The monoisotopic (exact) mass is 376 g/mol. The molecule has 27 heavy (non-hydrogen) atoms. The highest BCUT2D eigenvalue weighted by atomic mass is 16.6. The van der Waals surface area contributed by atoms with Gasteiger partial charge in [-0.3, -0.25) is 4.79 Å². The first-order valence-electron chi connectivity index (χ1n) is 10.1. The normalized spacial score (nSPS) is 42.1. The molecule has 0 aromatic carbocycles. The van der Waals surface area contributed by atoms with E-state index >= 15 is 0 Å². The summed E-state index contributed by atoms with van der Waals surface area (Å²) >= 11 is 0. The molecule has 0 amide bonds. The lowest BCUT2D eigenvalue weighted by molar-refractivity contribution is -0.180. The lowest BCUT2D eigenvalue weighted by Gasteiger charge is -2.35. The summed E-state index contributed by atoms with van der Waals surface area (Å²) < 4.78 is 17.5. The van der Waals surface area contributed by atoms with E-state index in [1.54, 1.807) is 0 Å². The van der Waals surface area contributed by atoms with Crippen molar-refractivity contribution in [2.75, 3.05) is 0 Å². The van der Waals surface area contributed by atoms with Gasteiger partial charge in [0.1, 0.15) is 11.7 Å². The van der Waals surface area contributed by atoms with E-state index in [0.29, 0.717) is 18.4 Å². The summed E-state index contributed by atoms with van der Waals surface area (Å²) in [6.45, 7) is 11.6. The van der Waals surface area contributed by atoms with Crippen molar-refractivity contribution in [3.8, 4) is 0 Å². The van der Waals surface area contributed by atoms with Gasteiger partial charge in [0.05, 0.1) is 11.7 Å². The standard InChI is InChI=1S/C22H32O5/c1-14-7-6-11-21(4)19(26-21)13-17-10-12-22(5,27-20(24)15(17)2)18(9-8-14)25-16(3)23/h7,17-19H,2,6,8-13H2,1,3-5H3/b14-7-/t17-,18+,19+,21+,22-/m1/s1. The fraction of sp³-hybridized carbons (Fsp3) is 0.727. The van der Waals surface area contributed by atoms with Crippen molar-refractivity contribution >= 4 is 11.9 Å². The van der Waals surface area contributed by atoms with Crippen LogP contribution in [0.1, 0.15) is 72.6 Å². The van der Waals surface area contributed by atoms with Gasteiger partial charge in [0.25, 0.3) is 0 Å². The van der Waals surface area contributed by atoms with Crippen LogP contribution in [-0.4, -0.2) is 35.3 Å². The second kappa shape index (κ2) is 7.42. The maximum absolute atomic E-state index is 12.7. The molecular weight excluding hydrogens is 344 g/mol. The number of epoxide rings is 1. The Morgan fingerprint density at radius 1 is 1.26 bits per heavy atom. The number of ether oxygens (including phenoxy) is 3. The first-order valence-corrected chi connectivity index (χ1v) is 10.1. The molecule has 5 heteroatoms. The van der Waals surface area contributed by atoms with Gasteiger partial charge in [-0.05, 0) is 71.6 Å². The molecule has 0 saturated carbocycles. The van der Waals surface area contributed by atoms with Gasteiger partial charge in [-0.1, -0.05) is 18.2 Å². The lowest BCUT2D eigenvalue weighted by Crippen LogP contribution is -2.45. The van der Waals surface area contributed by atoms with Crippen LogP contribution in [0.4, 0.5) is 0 Å². The Hall–Kier alpha value is -1.62. The summed E-state index contributed by atoms with van der Waals surface area (Å²) in [5.41, 5.74) is 0.845.